The maximum absolute atomic E-state index is 10.4. The first-order valence-corrected chi connectivity index (χ1v) is 5.68. The number of nitrogens with two attached hydrogens (primary N) is 1. The number of aromatic nitrogens is 2. The number of non-ortho nitro benzene ring substituents is 1. The lowest BCUT2D eigenvalue weighted by Gasteiger charge is -1.97. The normalized spacial score (nSPS) is 9.61. The van der Waals surface area contributed by atoms with Crippen molar-refractivity contribution < 1.29 is 19.9 Å². The van der Waals surface area contributed by atoms with E-state index in [0.29, 0.717) is 18.0 Å². The average Bonchev–Trinajstić information content (AvgIpc) is 2.82. The Morgan fingerprint density at radius 3 is 1.78 bits per heavy atom. The highest BCUT2D eigenvalue weighted by Gasteiger charge is 2.30. The predicted molar refractivity (Wildman–Crippen MR) is 75.7 cm³/mol. The largest absolute Gasteiger partial charge is 0.497 e. The Morgan fingerprint density at radius 1 is 1.09 bits per heavy atom. The van der Waals surface area contributed by atoms with E-state index in [-0.39, 0.29) is 0 Å². The Hall–Kier alpha value is -3.77. The zero-order chi connectivity index (χ0) is 17.7. The van der Waals surface area contributed by atoms with Crippen LogP contribution in [0.5, 0.6) is 5.75 Å². The predicted octanol–water partition coefficient (Wildman–Crippen LogP) is 1.12. The average molecular weight is 326 g/mol. The molecular weight excluding hydrogens is 316 g/mol. The van der Waals surface area contributed by atoms with E-state index < -0.39 is 37.6 Å². The Bertz CT molecular complexity index is 719. The van der Waals surface area contributed by atoms with Crippen molar-refractivity contribution in [1.29, 1.82) is 0 Å². The van der Waals surface area contributed by atoms with Gasteiger partial charge in [0.15, 0.2) is 0 Å². The molecule has 3 N–H and O–H groups in total. The summed E-state index contributed by atoms with van der Waals surface area (Å²) in [6.07, 6.45) is 1.66. The highest BCUT2D eigenvalue weighted by Crippen LogP contribution is 2.38. The van der Waals surface area contributed by atoms with Gasteiger partial charge in [0.05, 0.1) is 33.1 Å². The van der Waals surface area contributed by atoms with Crippen LogP contribution in [0.1, 0.15) is 0 Å². The van der Waals surface area contributed by atoms with Gasteiger partial charge in [0.25, 0.3) is 11.4 Å². The van der Waals surface area contributed by atoms with Gasteiger partial charge in [0.1, 0.15) is 5.82 Å². The molecule has 0 atom stereocenters. The molecule has 0 saturated heterocycles. The van der Waals surface area contributed by atoms with Gasteiger partial charge in [-0.2, -0.15) is 5.10 Å². The molecule has 0 unspecified atom stereocenters. The standard InChI is InChI=1S/C6H3N3O7.C4H7N3/c10-6-4(8(13)14)1-3(7(11)12)2-5(6)9(15)16;1-7-4(5)2-3-6-7/h1-2,10H;2-3H,5H2,1H3. The maximum Gasteiger partial charge on any atom is 0.324 e. The fraction of sp³-hybridized carbons (Fsp3) is 0.100. The maximum atomic E-state index is 10.4. The summed E-state index contributed by atoms with van der Waals surface area (Å²) in [6.45, 7) is 0. The Morgan fingerprint density at radius 2 is 1.57 bits per heavy atom. The SMILES string of the molecule is Cn1nccc1N.O=[N+]([O-])c1cc([N+](=O)[O-])c(O)c([N+](=O)[O-])c1. The molecule has 2 aromatic rings. The fourth-order valence-corrected chi connectivity index (χ4v) is 1.36. The number of hydrogen-bond acceptors (Lipinski definition) is 9. The number of benzene rings is 1. The number of phenolic OH excluding ortho intramolecular Hbond substituents is 1. The molecule has 0 aliphatic heterocycles. The summed E-state index contributed by atoms with van der Waals surface area (Å²) in [5.74, 6) is -0.513. The summed E-state index contributed by atoms with van der Waals surface area (Å²) in [6, 6.07) is 2.64. The third-order valence-electron chi connectivity index (χ3n) is 2.52. The monoisotopic (exact) mass is 326 g/mol. The van der Waals surface area contributed by atoms with Crippen LogP contribution in [0, 0.1) is 30.3 Å². The Balaban J connectivity index is 0.000000313. The summed E-state index contributed by atoms with van der Waals surface area (Å²) >= 11 is 0. The summed E-state index contributed by atoms with van der Waals surface area (Å²) < 4.78 is 1.61. The van der Waals surface area contributed by atoms with Gasteiger partial charge in [-0.1, -0.05) is 0 Å². The molecule has 1 aromatic heterocycles. The Kier molecular flexibility index (Phi) is 5.10. The van der Waals surface area contributed by atoms with E-state index in [9.17, 15) is 30.3 Å². The smallest absolute Gasteiger partial charge is 0.324 e. The van der Waals surface area contributed by atoms with Crippen molar-refractivity contribution in [2.75, 3.05) is 5.73 Å². The molecule has 0 bridgehead atoms. The number of phenols is 1. The van der Waals surface area contributed by atoms with E-state index in [2.05, 4.69) is 5.10 Å². The van der Waals surface area contributed by atoms with E-state index in [1.807, 2.05) is 0 Å². The minimum absolute atomic E-state index is 0.447. The van der Waals surface area contributed by atoms with Gasteiger partial charge in [-0.3, -0.25) is 35.0 Å². The van der Waals surface area contributed by atoms with E-state index >= 15 is 0 Å². The molecule has 23 heavy (non-hydrogen) atoms. The second-order valence-electron chi connectivity index (χ2n) is 3.98. The molecule has 0 radical (unpaired) electrons. The first kappa shape index (κ1) is 17.3. The van der Waals surface area contributed by atoms with Crippen LogP contribution in [0.3, 0.4) is 0 Å². The molecule has 122 valence electrons. The lowest BCUT2D eigenvalue weighted by molar-refractivity contribution is -0.404. The number of nitro benzene ring substituents is 3. The molecule has 1 heterocycles. The van der Waals surface area contributed by atoms with Crippen molar-refractivity contribution in [3.05, 3.63) is 54.7 Å². The van der Waals surface area contributed by atoms with Crippen LogP contribution in [-0.4, -0.2) is 29.7 Å². The van der Waals surface area contributed by atoms with Gasteiger partial charge in [-0.25, -0.2) is 0 Å². The van der Waals surface area contributed by atoms with Crippen LogP contribution in [0.25, 0.3) is 0 Å². The van der Waals surface area contributed by atoms with Gasteiger partial charge in [0, 0.05) is 7.05 Å². The summed E-state index contributed by atoms with van der Waals surface area (Å²) in [7, 11) is 1.80. The van der Waals surface area contributed by atoms with Gasteiger partial charge in [-0.15, -0.1) is 0 Å². The zero-order valence-electron chi connectivity index (χ0n) is 11.5. The first-order valence-electron chi connectivity index (χ1n) is 5.68. The third-order valence-corrected chi connectivity index (χ3v) is 2.52. The number of hydrogen-bond donors (Lipinski definition) is 2. The quantitative estimate of drug-likeness (QED) is 0.613. The van der Waals surface area contributed by atoms with E-state index in [4.69, 9.17) is 10.8 Å². The fourth-order valence-electron chi connectivity index (χ4n) is 1.36. The van der Waals surface area contributed by atoms with Gasteiger partial charge >= 0.3 is 11.4 Å². The van der Waals surface area contributed by atoms with Crippen molar-refractivity contribution in [2.45, 2.75) is 0 Å². The number of nitrogens with zero attached hydrogens (tertiary/aromatic N) is 5. The number of nitrogen functional groups attached to an aromatic ring is 1. The van der Waals surface area contributed by atoms with Crippen molar-refractivity contribution in [2.24, 2.45) is 7.05 Å². The van der Waals surface area contributed by atoms with E-state index in [1.165, 1.54) is 0 Å². The van der Waals surface area contributed by atoms with E-state index in [0.717, 1.165) is 0 Å². The molecule has 0 spiro atoms. The van der Waals surface area contributed by atoms with Crippen LogP contribution in [0.2, 0.25) is 0 Å². The second-order valence-corrected chi connectivity index (χ2v) is 3.98. The number of rotatable bonds is 3. The lowest BCUT2D eigenvalue weighted by atomic mass is 10.2. The van der Waals surface area contributed by atoms with Crippen LogP contribution in [0.15, 0.2) is 24.4 Å². The minimum Gasteiger partial charge on any atom is -0.497 e. The van der Waals surface area contributed by atoms with Gasteiger partial charge in [0.2, 0.25) is 0 Å². The summed E-state index contributed by atoms with van der Waals surface area (Å²) in [5, 5.41) is 44.0. The van der Waals surface area contributed by atoms with Crippen LogP contribution in [0.4, 0.5) is 22.9 Å². The van der Waals surface area contributed by atoms with Crippen LogP contribution >= 0.6 is 0 Å². The molecule has 0 fully saturated rings. The molecule has 0 aliphatic carbocycles. The molecule has 0 amide bonds. The second kappa shape index (κ2) is 6.79. The number of aromatic hydroxyl groups is 1. The number of nitro groups is 3. The number of aryl methyl sites for hydroxylation is 1. The van der Waals surface area contributed by atoms with Crippen molar-refractivity contribution >= 4 is 22.9 Å². The third kappa shape index (κ3) is 4.10. The van der Waals surface area contributed by atoms with Gasteiger partial charge < -0.3 is 10.8 Å². The molecular formula is C10H10N6O7. The molecule has 0 aliphatic rings. The highest BCUT2D eigenvalue weighted by molar-refractivity contribution is 5.64. The molecule has 13 nitrogen and oxygen atoms in total. The topological polar surface area (TPSA) is 193 Å². The molecule has 1 aromatic carbocycles. The summed E-state index contributed by atoms with van der Waals surface area (Å²) in [5.41, 5.74) is 2.34. The van der Waals surface area contributed by atoms with Crippen LogP contribution in [-0.2, 0) is 7.05 Å². The Labute approximate surface area is 127 Å². The van der Waals surface area contributed by atoms with Gasteiger partial charge in [-0.05, 0) is 6.07 Å². The minimum atomic E-state index is -1.21. The van der Waals surface area contributed by atoms with Crippen molar-refractivity contribution in [1.82, 2.24) is 9.78 Å². The van der Waals surface area contributed by atoms with Crippen molar-refractivity contribution in [3.8, 4) is 5.75 Å². The molecule has 13 heteroatoms. The van der Waals surface area contributed by atoms with Crippen LogP contribution < -0.4 is 5.73 Å². The lowest BCUT2D eigenvalue weighted by Crippen LogP contribution is -1.97. The van der Waals surface area contributed by atoms with Crippen molar-refractivity contribution in [3.63, 3.8) is 0 Å². The van der Waals surface area contributed by atoms with E-state index in [1.54, 1.807) is 24.0 Å². The molecule has 0 saturated carbocycles. The number of anilines is 1. The highest BCUT2D eigenvalue weighted by atomic mass is 16.6. The molecule has 2 rings (SSSR count). The zero-order valence-corrected chi connectivity index (χ0v) is 11.5. The summed E-state index contributed by atoms with van der Waals surface area (Å²) in [4.78, 5) is 27.8. The first-order chi connectivity index (χ1) is 10.6.